The summed E-state index contributed by atoms with van der Waals surface area (Å²) in [5, 5.41) is 7.99. The third kappa shape index (κ3) is 5.69. The van der Waals surface area contributed by atoms with Gasteiger partial charge in [-0.15, -0.1) is 0 Å². The van der Waals surface area contributed by atoms with Crippen molar-refractivity contribution in [1.29, 1.82) is 0 Å². The lowest BCUT2D eigenvalue weighted by molar-refractivity contribution is -0.113. The molecule has 0 aliphatic heterocycles. The molecule has 0 bridgehead atoms. The number of anilines is 1. The molecule has 0 aliphatic carbocycles. The van der Waals surface area contributed by atoms with Crippen LogP contribution in [0, 0.1) is 0 Å². The highest BCUT2D eigenvalue weighted by Crippen LogP contribution is 2.29. The maximum absolute atomic E-state index is 12.3. The normalized spacial score (nSPS) is 11.6. The van der Waals surface area contributed by atoms with Crippen LogP contribution >= 0.6 is 11.8 Å². The minimum Gasteiger partial charge on any atom is -0.444 e. The number of amides is 2. The summed E-state index contributed by atoms with van der Waals surface area (Å²) in [6.45, 7) is 8.06. The number of para-hydroxylation sites is 1. The molecule has 160 valence electrons. The zero-order valence-electron chi connectivity index (χ0n) is 17.9. The molecular weight excluding hydrogens is 398 g/mol. The third-order valence-electron chi connectivity index (χ3n) is 4.53. The molecule has 2 amide bonds. The van der Waals surface area contributed by atoms with E-state index in [-0.39, 0.29) is 5.91 Å². The fraction of sp³-hybridized carbons (Fsp3) is 0.391. The number of aromatic nitrogens is 1. The summed E-state index contributed by atoms with van der Waals surface area (Å²) in [4.78, 5) is 27.3. The number of H-pyrrole nitrogens is 1. The average Bonchev–Trinajstić information content (AvgIpc) is 3.04. The van der Waals surface area contributed by atoms with E-state index in [1.807, 2.05) is 39.0 Å². The zero-order valence-corrected chi connectivity index (χ0v) is 18.7. The molecule has 0 aliphatic rings. The van der Waals surface area contributed by atoms with Gasteiger partial charge in [0.2, 0.25) is 5.91 Å². The summed E-state index contributed by atoms with van der Waals surface area (Å²) in [5.74, 6) is 0.885. The molecule has 0 atom stereocenters. The number of hydrogen-bond acceptors (Lipinski definition) is 4. The second-order valence-electron chi connectivity index (χ2n) is 8.11. The van der Waals surface area contributed by atoms with Crippen molar-refractivity contribution in [3.8, 4) is 0 Å². The minimum atomic E-state index is -0.513. The molecule has 0 radical (unpaired) electrons. The molecule has 6 nitrogen and oxygen atoms in total. The van der Waals surface area contributed by atoms with Crippen molar-refractivity contribution >= 4 is 51.3 Å². The monoisotopic (exact) mass is 427 g/mol. The van der Waals surface area contributed by atoms with Gasteiger partial charge in [0, 0.05) is 39.8 Å². The summed E-state index contributed by atoms with van der Waals surface area (Å²) < 4.78 is 5.17. The molecule has 3 aromatic rings. The van der Waals surface area contributed by atoms with Gasteiger partial charge in [0.15, 0.2) is 0 Å². The standard InChI is InChI=1S/C23H29N3O3S/c1-5-15-7-6-8-18-17-10-9-16(13-19(17)26-21(15)18)25-20(27)14-30-12-11-24-22(28)29-23(2,3)4/h6-10,13,26H,5,11-12,14H2,1-4H3,(H,24,28)(H,25,27). The van der Waals surface area contributed by atoms with Crippen LogP contribution in [0.15, 0.2) is 36.4 Å². The van der Waals surface area contributed by atoms with Crippen LogP contribution in [0.3, 0.4) is 0 Å². The Balaban J connectivity index is 1.51. The van der Waals surface area contributed by atoms with E-state index in [4.69, 9.17) is 4.74 Å². The molecule has 30 heavy (non-hydrogen) atoms. The van der Waals surface area contributed by atoms with Gasteiger partial charge < -0.3 is 20.4 Å². The summed E-state index contributed by atoms with van der Waals surface area (Å²) in [6.07, 6.45) is 0.527. The van der Waals surface area contributed by atoms with Crippen molar-refractivity contribution in [1.82, 2.24) is 10.3 Å². The van der Waals surface area contributed by atoms with Gasteiger partial charge in [-0.3, -0.25) is 4.79 Å². The molecule has 0 saturated carbocycles. The summed E-state index contributed by atoms with van der Waals surface area (Å²) in [7, 11) is 0. The van der Waals surface area contributed by atoms with E-state index in [1.54, 1.807) is 0 Å². The molecule has 0 spiro atoms. The first kappa shape index (κ1) is 22.0. The van der Waals surface area contributed by atoms with Gasteiger partial charge in [0.05, 0.1) is 5.75 Å². The number of hydrogen-bond donors (Lipinski definition) is 3. The van der Waals surface area contributed by atoms with Gasteiger partial charge in [-0.2, -0.15) is 11.8 Å². The van der Waals surface area contributed by atoms with Crippen molar-refractivity contribution in [2.24, 2.45) is 0 Å². The van der Waals surface area contributed by atoms with E-state index >= 15 is 0 Å². The minimum absolute atomic E-state index is 0.0676. The van der Waals surface area contributed by atoms with Crippen LogP contribution in [0.1, 0.15) is 33.3 Å². The van der Waals surface area contributed by atoms with Crippen molar-refractivity contribution < 1.29 is 14.3 Å². The topological polar surface area (TPSA) is 83.2 Å². The van der Waals surface area contributed by atoms with Gasteiger partial charge >= 0.3 is 6.09 Å². The van der Waals surface area contributed by atoms with E-state index in [9.17, 15) is 9.59 Å². The predicted octanol–water partition coefficient (Wildman–Crippen LogP) is 5.08. The number of aryl methyl sites for hydroxylation is 1. The maximum Gasteiger partial charge on any atom is 0.407 e. The lowest BCUT2D eigenvalue weighted by Crippen LogP contribution is -2.33. The fourth-order valence-electron chi connectivity index (χ4n) is 3.26. The molecule has 1 aromatic heterocycles. The number of benzene rings is 2. The molecule has 0 fully saturated rings. The van der Waals surface area contributed by atoms with Crippen LogP contribution < -0.4 is 10.6 Å². The number of carbonyl (C=O) groups excluding carboxylic acids is 2. The van der Waals surface area contributed by atoms with E-state index in [2.05, 4.69) is 40.7 Å². The molecule has 7 heteroatoms. The Morgan fingerprint density at radius 1 is 1.13 bits per heavy atom. The molecule has 0 saturated heterocycles. The van der Waals surface area contributed by atoms with Gasteiger partial charge in [-0.05, 0) is 44.9 Å². The second-order valence-corrected chi connectivity index (χ2v) is 9.21. The summed E-state index contributed by atoms with van der Waals surface area (Å²) >= 11 is 1.46. The Labute approximate surface area is 181 Å². The fourth-order valence-corrected chi connectivity index (χ4v) is 3.91. The summed E-state index contributed by atoms with van der Waals surface area (Å²) in [5.41, 5.74) is 3.71. The van der Waals surface area contributed by atoms with Crippen LogP contribution in [0.5, 0.6) is 0 Å². The number of nitrogens with one attached hydrogen (secondary N) is 3. The van der Waals surface area contributed by atoms with Gasteiger partial charge in [-0.1, -0.05) is 31.2 Å². The predicted molar refractivity (Wildman–Crippen MR) is 125 cm³/mol. The van der Waals surface area contributed by atoms with Crippen LogP contribution in [-0.2, 0) is 16.0 Å². The number of ether oxygens (including phenoxy) is 1. The lowest BCUT2D eigenvalue weighted by Gasteiger charge is -2.19. The smallest absolute Gasteiger partial charge is 0.407 e. The maximum atomic E-state index is 12.3. The SMILES string of the molecule is CCc1cccc2c1[nH]c1cc(NC(=O)CSCCNC(=O)OC(C)(C)C)ccc12. The number of rotatable bonds is 7. The van der Waals surface area contributed by atoms with Crippen LogP contribution in [0.25, 0.3) is 21.8 Å². The number of carbonyl (C=O) groups is 2. The van der Waals surface area contributed by atoms with Crippen molar-refractivity contribution in [3.63, 3.8) is 0 Å². The highest BCUT2D eigenvalue weighted by atomic mass is 32.2. The van der Waals surface area contributed by atoms with Crippen LogP contribution in [0.4, 0.5) is 10.5 Å². The van der Waals surface area contributed by atoms with E-state index < -0.39 is 11.7 Å². The van der Waals surface area contributed by atoms with Gasteiger partial charge in [0.1, 0.15) is 5.60 Å². The van der Waals surface area contributed by atoms with Crippen molar-refractivity contribution in [3.05, 3.63) is 42.0 Å². The van der Waals surface area contributed by atoms with Crippen molar-refractivity contribution in [2.75, 3.05) is 23.4 Å². The Kier molecular flexibility index (Phi) is 6.92. The quantitative estimate of drug-likeness (QED) is 0.459. The average molecular weight is 428 g/mol. The van der Waals surface area contributed by atoms with E-state index in [1.165, 1.54) is 22.7 Å². The lowest BCUT2D eigenvalue weighted by atomic mass is 10.1. The highest BCUT2D eigenvalue weighted by molar-refractivity contribution is 7.99. The largest absolute Gasteiger partial charge is 0.444 e. The number of thioether (sulfide) groups is 1. The number of aromatic amines is 1. The Morgan fingerprint density at radius 2 is 1.93 bits per heavy atom. The Morgan fingerprint density at radius 3 is 2.67 bits per heavy atom. The van der Waals surface area contributed by atoms with E-state index in [0.29, 0.717) is 18.1 Å². The third-order valence-corrected chi connectivity index (χ3v) is 5.49. The Hall–Kier alpha value is -2.67. The molecule has 3 rings (SSSR count). The molecule has 2 aromatic carbocycles. The first-order chi connectivity index (χ1) is 14.3. The van der Waals surface area contributed by atoms with Crippen LogP contribution in [-0.4, -0.2) is 40.6 Å². The number of alkyl carbamates (subject to hydrolysis) is 1. The van der Waals surface area contributed by atoms with Crippen molar-refractivity contribution in [2.45, 2.75) is 39.7 Å². The van der Waals surface area contributed by atoms with Gasteiger partial charge in [-0.25, -0.2) is 4.79 Å². The van der Waals surface area contributed by atoms with E-state index in [0.717, 1.165) is 28.5 Å². The summed E-state index contributed by atoms with van der Waals surface area (Å²) in [6, 6.07) is 12.3. The molecule has 0 unspecified atom stereocenters. The molecular formula is C23H29N3O3S. The first-order valence-electron chi connectivity index (χ1n) is 10.1. The van der Waals surface area contributed by atoms with Crippen LogP contribution in [0.2, 0.25) is 0 Å². The van der Waals surface area contributed by atoms with Gasteiger partial charge in [0.25, 0.3) is 0 Å². The highest BCUT2D eigenvalue weighted by Gasteiger charge is 2.15. The second kappa shape index (κ2) is 9.43. The Bertz CT molecular complexity index is 1050. The number of fused-ring (bicyclic) bond motifs is 3. The zero-order chi connectivity index (χ0) is 21.7. The first-order valence-corrected chi connectivity index (χ1v) is 11.3. The molecule has 1 heterocycles. The molecule has 3 N–H and O–H groups in total.